The number of hydrogen-bond acceptors (Lipinski definition) is 3. The van der Waals surface area contributed by atoms with Crippen LogP contribution in [0.1, 0.15) is 37.8 Å². The van der Waals surface area contributed by atoms with Crippen molar-refractivity contribution in [3.05, 3.63) is 35.4 Å². The van der Waals surface area contributed by atoms with Gasteiger partial charge in [0.15, 0.2) is 5.96 Å². The molecule has 0 bridgehead atoms. The number of nitrogens with one attached hydrogen (secondary N) is 1. The van der Waals surface area contributed by atoms with Crippen LogP contribution in [0.3, 0.4) is 0 Å². The summed E-state index contributed by atoms with van der Waals surface area (Å²) in [6.07, 6.45) is 2.85. The molecule has 1 unspecified atom stereocenters. The molecule has 0 radical (unpaired) electrons. The highest BCUT2D eigenvalue weighted by molar-refractivity contribution is 5.79. The summed E-state index contributed by atoms with van der Waals surface area (Å²) >= 11 is 0. The van der Waals surface area contributed by atoms with Gasteiger partial charge in [0.05, 0.1) is 12.7 Å². The molecule has 3 rings (SSSR count). The third-order valence-corrected chi connectivity index (χ3v) is 5.47. The first-order chi connectivity index (χ1) is 12.6. The molecule has 0 amide bonds. The summed E-state index contributed by atoms with van der Waals surface area (Å²) in [7, 11) is 1.89. The molecule has 5 heteroatoms. The van der Waals surface area contributed by atoms with Gasteiger partial charge in [0, 0.05) is 46.3 Å². The van der Waals surface area contributed by atoms with Gasteiger partial charge in [-0.3, -0.25) is 9.89 Å². The Morgan fingerprint density at radius 3 is 2.69 bits per heavy atom. The van der Waals surface area contributed by atoms with E-state index in [0.717, 1.165) is 57.8 Å². The molecule has 0 aromatic heterocycles. The quantitative estimate of drug-likeness (QED) is 0.664. The number of piperidine rings is 1. The van der Waals surface area contributed by atoms with E-state index >= 15 is 0 Å². The zero-order chi connectivity index (χ0) is 18.4. The molecule has 5 nitrogen and oxygen atoms in total. The lowest BCUT2D eigenvalue weighted by atomic mass is 9.99. The van der Waals surface area contributed by atoms with E-state index in [1.54, 1.807) is 0 Å². The minimum Gasteiger partial charge on any atom is -0.376 e. The molecule has 2 heterocycles. The first-order valence-electron chi connectivity index (χ1n) is 10.0. The number of likely N-dealkylation sites (tertiary alicyclic amines) is 1. The average Bonchev–Trinajstić information content (AvgIpc) is 2.64. The molecule has 144 valence electrons. The van der Waals surface area contributed by atoms with E-state index in [1.807, 2.05) is 7.05 Å². The highest BCUT2D eigenvalue weighted by atomic mass is 16.5. The molecule has 1 aromatic carbocycles. The maximum absolute atomic E-state index is 5.64. The normalized spacial score (nSPS) is 23.3. The predicted octanol–water partition coefficient (Wildman–Crippen LogP) is 2.71. The molecular weight excluding hydrogens is 324 g/mol. The highest BCUT2D eigenvalue weighted by Gasteiger charge is 2.19. The van der Waals surface area contributed by atoms with E-state index in [4.69, 9.17) is 4.74 Å². The van der Waals surface area contributed by atoms with Crippen LogP contribution in [0.2, 0.25) is 0 Å². The number of ether oxygens (including phenoxy) is 1. The molecule has 26 heavy (non-hydrogen) atoms. The van der Waals surface area contributed by atoms with Crippen LogP contribution in [0.5, 0.6) is 0 Å². The molecule has 2 aliphatic rings. The van der Waals surface area contributed by atoms with Crippen molar-refractivity contribution in [2.75, 3.05) is 39.8 Å². The third-order valence-electron chi connectivity index (χ3n) is 5.47. The van der Waals surface area contributed by atoms with Gasteiger partial charge in [-0.2, -0.15) is 0 Å². The van der Waals surface area contributed by atoms with Gasteiger partial charge < -0.3 is 15.0 Å². The second-order valence-electron chi connectivity index (χ2n) is 7.81. The molecule has 2 saturated heterocycles. The standard InChI is InChI=1S/C21H34N4O/c1-17-7-9-25(10-8-17)21(22-3)23-14-19-5-4-6-20(13-19)16-24-11-12-26-18(2)15-24/h4-6,13,17-18H,7-12,14-16H2,1-3H3,(H,22,23). The summed E-state index contributed by atoms with van der Waals surface area (Å²) < 4.78 is 5.64. The van der Waals surface area contributed by atoms with Crippen LogP contribution in [0.4, 0.5) is 0 Å². The summed E-state index contributed by atoms with van der Waals surface area (Å²) in [4.78, 5) is 9.35. The number of aliphatic imine (C=N–C) groups is 1. The van der Waals surface area contributed by atoms with Gasteiger partial charge in [0.2, 0.25) is 0 Å². The second-order valence-corrected chi connectivity index (χ2v) is 7.81. The average molecular weight is 359 g/mol. The monoisotopic (exact) mass is 358 g/mol. The fraction of sp³-hybridized carbons (Fsp3) is 0.667. The fourth-order valence-electron chi connectivity index (χ4n) is 3.86. The summed E-state index contributed by atoms with van der Waals surface area (Å²) in [6.45, 7) is 11.4. The number of morpholine rings is 1. The van der Waals surface area contributed by atoms with Crippen molar-refractivity contribution >= 4 is 5.96 Å². The van der Waals surface area contributed by atoms with E-state index in [0.29, 0.717) is 6.10 Å². The van der Waals surface area contributed by atoms with Crippen molar-refractivity contribution in [3.63, 3.8) is 0 Å². The lowest BCUT2D eigenvalue weighted by Crippen LogP contribution is -2.45. The van der Waals surface area contributed by atoms with Crippen LogP contribution in [0, 0.1) is 5.92 Å². The Hall–Kier alpha value is -1.59. The topological polar surface area (TPSA) is 40.1 Å². The Morgan fingerprint density at radius 2 is 1.96 bits per heavy atom. The second kappa shape index (κ2) is 9.38. The minimum atomic E-state index is 0.337. The Labute approximate surface area is 158 Å². The summed E-state index contributed by atoms with van der Waals surface area (Å²) in [6, 6.07) is 8.91. The van der Waals surface area contributed by atoms with E-state index in [-0.39, 0.29) is 0 Å². The largest absolute Gasteiger partial charge is 0.376 e. The molecule has 1 aromatic rings. The smallest absolute Gasteiger partial charge is 0.193 e. The van der Waals surface area contributed by atoms with Gasteiger partial charge in [-0.15, -0.1) is 0 Å². The SMILES string of the molecule is CN=C(NCc1cccc(CN2CCOC(C)C2)c1)N1CCC(C)CC1. The van der Waals surface area contributed by atoms with Gasteiger partial charge in [0.25, 0.3) is 0 Å². The van der Waals surface area contributed by atoms with Gasteiger partial charge in [-0.25, -0.2) is 0 Å². The van der Waals surface area contributed by atoms with E-state index < -0.39 is 0 Å². The fourth-order valence-corrected chi connectivity index (χ4v) is 3.86. The first-order valence-corrected chi connectivity index (χ1v) is 10.0. The van der Waals surface area contributed by atoms with Gasteiger partial charge in [0.1, 0.15) is 0 Å². The Kier molecular flexibility index (Phi) is 6.92. The van der Waals surface area contributed by atoms with Crippen LogP contribution in [-0.4, -0.2) is 61.7 Å². The molecular formula is C21H34N4O. The summed E-state index contributed by atoms with van der Waals surface area (Å²) in [5.74, 6) is 1.87. The Balaban J connectivity index is 1.53. The van der Waals surface area contributed by atoms with Crippen LogP contribution < -0.4 is 5.32 Å². The number of guanidine groups is 1. The van der Waals surface area contributed by atoms with Crippen LogP contribution >= 0.6 is 0 Å². The Morgan fingerprint density at radius 1 is 1.19 bits per heavy atom. The lowest BCUT2D eigenvalue weighted by molar-refractivity contribution is -0.0212. The number of hydrogen-bond donors (Lipinski definition) is 1. The number of benzene rings is 1. The summed E-state index contributed by atoms with van der Waals surface area (Å²) in [5.41, 5.74) is 2.69. The van der Waals surface area contributed by atoms with Crippen molar-refractivity contribution in [1.82, 2.24) is 15.1 Å². The number of nitrogens with zero attached hydrogens (tertiary/aromatic N) is 3. The highest BCUT2D eigenvalue weighted by Crippen LogP contribution is 2.16. The van der Waals surface area contributed by atoms with Gasteiger partial charge >= 0.3 is 0 Å². The van der Waals surface area contributed by atoms with Crippen LogP contribution in [-0.2, 0) is 17.8 Å². The minimum absolute atomic E-state index is 0.337. The molecule has 0 aliphatic carbocycles. The first kappa shape index (κ1) is 19.2. The molecule has 2 fully saturated rings. The van der Waals surface area contributed by atoms with E-state index in [9.17, 15) is 0 Å². The van der Waals surface area contributed by atoms with Crippen molar-refractivity contribution in [2.45, 2.75) is 45.9 Å². The molecule has 0 spiro atoms. The van der Waals surface area contributed by atoms with Crippen molar-refractivity contribution < 1.29 is 4.74 Å². The lowest BCUT2D eigenvalue weighted by Gasteiger charge is -2.33. The molecule has 1 atom stereocenters. The van der Waals surface area contributed by atoms with Gasteiger partial charge in [-0.05, 0) is 36.8 Å². The van der Waals surface area contributed by atoms with E-state index in [1.165, 1.54) is 24.0 Å². The molecule has 0 saturated carbocycles. The third kappa shape index (κ3) is 5.45. The molecule has 2 aliphatic heterocycles. The van der Waals surface area contributed by atoms with Crippen LogP contribution in [0.15, 0.2) is 29.3 Å². The summed E-state index contributed by atoms with van der Waals surface area (Å²) in [5, 5.41) is 3.55. The van der Waals surface area contributed by atoms with Crippen molar-refractivity contribution in [3.8, 4) is 0 Å². The number of rotatable bonds is 4. The van der Waals surface area contributed by atoms with Crippen LogP contribution in [0.25, 0.3) is 0 Å². The zero-order valence-corrected chi connectivity index (χ0v) is 16.6. The Bertz CT molecular complexity index is 595. The van der Waals surface area contributed by atoms with E-state index in [2.05, 4.69) is 58.2 Å². The molecule has 1 N–H and O–H groups in total. The maximum Gasteiger partial charge on any atom is 0.193 e. The van der Waals surface area contributed by atoms with Crippen molar-refractivity contribution in [1.29, 1.82) is 0 Å². The zero-order valence-electron chi connectivity index (χ0n) is 16.6. The van der Waals surface area contributed by atoms with Gasteiger partial charge in [-0.1, -0.05) is 31.2 Å². The predicted molar refractivity (Wildman–Crippen MR) is 107 cm³/mol. The maximum atomic E-state index is 5.64. The van der Waals surface area contributed by atoms with Crippen molar-refractivity contribution in [2.24, 2.45) is 10.9 Å².